The van der Waals surface area contributed by atoms with Gasteiger partial charge < -0.3 is 43.3 Å². The highest BCUT2D eigenvalue weighted by molar-refractivity contribution is 8.24. The minimum absolute atomic E-state index is 0.371. The normalized spacial score (nSPS) is 18.2. The van der Waals surface area contributed by atoms with Crippen LogP contribution in [0, 0.1) is 41.9 Å². The van der Waals surface area contributed by atoms with Crippen molar-refractivity contribution in [3.63, 3.8) is 0 Å². The maximum atomic E-state index is 10.5. The highest BCUT2D eigenvalue weighted by Gasteiger charge is 2.28. The number of aryl methyl sites for hydroxylation is 1. The number of carbonyl (C=O) groups excluding carboxylic acids is 3. The molecule has 0 amide bonds. The molecule has 7 aliphatic carbocycles. The molecule has 11 nitrogen and oxygen atoms in total. The van der Waals surface area contributed by atoms with Crippen LogP contribution in [0.25, 0.3) is 0 Å². The smallest absolute Gasteiger partial charge is 0.293 e. The minimum Gasteiger partial charge on any atom is -0.497 e. The predicted molar refractivity (Wildman–Crippen MR) is 420 cm³/mol. The second-order valence-corrected chi connectivity index (χ2v) is 28.9. The first-order chi connectivity index (χ1) is 48.4. The molecule has 0 atom stereocenters. The Hall–Kier alpha value is -5.94. The Kier molecular flexibility index (Phi) is 53.8. The van der Waals surface area contributed by atoms with Gasteiger partial charge in [0.05, 0.1) is 67.3 Å². The number of nitrogens with one attached hydrogen (secondary N) is 1. The van der Waals surface area contributed by atoms with Crippen molar-refractivity contribution in [2.75, 3.05) is 55.2 Å². The Morgan fingerprint density at radius 2 is 0.919 bits per heavy atom. The third-order valence-corrected chi connectivity index (χ3v) is 21.4. The number of hydrogen-bond acceptors (Lipinski definition) is 13. The van der Waals surface area contributed by atoms with Crippen molar-refractivity contribution in [2.45, 2.75) is 269 Å². The van der Waals surface area contributed by atoms with E-state index in [1.54, 1.807) is 74.8 Å². The van der Waals surface area contributed by atoms with E-state index in [1.807, 2.05) is 80.7 Å². The van der Waals surface area contributed by atoms with Gasteiger partial charge >= 0.3 is 0 Å². The highest BCUT2D eigenvalue weighted by atomic mass is 32.2. The molecular weight excluding hydrogens is 1270 g/mol. The van der Waals surface area contributed by atoms with Gasteiger partial charge in [-0.2, -0.15) is 5.26 Å². The summed E-state index contributed by atoms with van der Waals surface area (Å²) < 4.78 is 31.9. The van der Waals surface area contributed by atoms with Crippen molar-refractivity contribution < 1.29 is 42.8 Å². The molecule has 0 unspecified atom stereocenters. The summed E-state index contributed by atoms with van der Waals surface area (Å²) in [5, 5.41) is 12.2. The zero-order valence-corrected chi connectivity index (χ0v) is 65.0. The van der Waals surface area contributed by atoms with E-state index < -0.39 is 0 Å². The summed E-state index contributed by atoms with van der Waals surface area (Å²) in [6, 6.07) is 21.7. The maximum Gasteiger partial charge on any atom is 0.293 e. The van der Waals surface area contributed by atoms with E-state index in [0.717, 1.165) is 118 Å². The molecular formula is C86H132N2O9S2. The molecule has 11 rings (SSSR count). The molecule has 7 saturated carbocycles. The fourth-order valence-corrected chi connectivity index (χ4v) is 13.5. The molecule has 3 aromatic rings. The van der Waals surface area contributed by atoms with Crippen LogP contribution in [0.3, 0.4) is 0 Å². The third kappa shape index (κ3) is 40.9. The number of unbranched alkanes of at least 4 members (excludes halogenated alkanes) is 8. The number of nitrogens with zero attached hydrogens (tertiary/aromatic N) is 1. The van der Waals surface area contributed by atoms with Crippen molar-refractivity contribution in [3.05, 3.63) is 136 Å². The van der Waals surface area contributed by atoms with E-state index >= 15 is 0 Å². The molecule has 0 aromatic heterocycles. The average molecular weight is 1400 g/mol. The molecule has 0 radical (unpaired) electrons. The molecule has 1 aliphatic heterocycles. The van der Waals surface area contributed by atoms with Crippen LogP contribution in [0.5, 0.6) is 28.7 Å². The van der Waals surface area contributed by atoms with Crippen molar-refractivity contribution in [2.24, 2.45) is 23.7 Å². The number of ether oxygens (including phenoxy) is 6. The van der Waals surface area contributed by atoms with E-state index in [0.29, 0.717) is 31.5 Å². The second kappa shape index (κ2) is 59.7. The second-order valence-electron chi connectivity index (χ2n) is 26.6. The molecule has 1 heterocycles. The lowest BCUT2D eigenvalue weighted by molar-refractivity contribution is -0.128. The van der Waals surface area contributed by atoms with Crippen LogP contribution in [0.1, 0.15) is 258 Å². The zero-order valence-electron chi connectivity index (χ0n) is 63.3. The van der Waals surface area contributed by atoms with Gasteiger partial charge in [-0.1, -0.05) is 211 Å². The van der Waals surface area contributed by atoms with E-state index in [-0.39, 0.29) is 0 Å². The van der Waals surface area contributed by atoms with Gasteiger partial charge in [0.25, 0.3) is 6.47 Å². The number of carbonyl (C=O) groups is 3. The van der Waals surface area contributed by atoms with Crippen LogP contribution in [0.15, 0.2) is 140 Å². The van der Waals surface area contributed by atoms with Gasteiger partial charge in [0.15, 0.2) is 0 Å². The van der Waals surface area contributed by atoms with Gasteiger partial charge in [-0.15, -0.1) is 6.58 Å². The van der Waals surface area contributed by atoms with Crippen molar-refractivity contribution >= 4 is 42.6 Å². The third-order valence-electron chi connectivity index (χ3n) is 18.6. The van der Waals surface area contributed by atoms with Crippen LogP contribution >= 0.6 is 23.5 Å². The highest BCUT2D eigenvalue weighted by Crippen LogP contribution is 2.58. The topological polar surface area (TPSA) is 142 Å². The summed E-state index contributed by atoms with van der Waals surface area (Å²) in [6.07, 6.45) is 57.0. The van der Waals surface area contributed by atoms with Gasteiger partial charge in [0, 0.05) is 18.4 Å². The number of likely N-dealkylation sites (N-methyl/N-ethyl adjacent to an activating group) is 1. The monoisotopic (exact) mass is 1400 g/mol. The molecule has 7 fully saturated rings. The lowest BCUT2D eigenvalue weighted by atomic mass is 9.79. The van der Waals surface area contributed by atoms with Crippen LogP contribution in [-0.2, 0) is 19.1 Å². The van der Waals surface area contributed by atoms with Crippen LogP contribution in [-0.4, -0.2) is 74.3 Å². The number of hydrogen-bond donors (Lipinski definition) is 1. The van der Waals surface area contributed by atoms with Crippen molar-refractivity contribution in [1.29, 1.82) is 5.26 Å². The molecule has 99 heavy (non-hydrogen) atoms. The fourth-order valence-electron chi connectivity index (χ4n) is 10.8. The first kappa shape index (κ1) is 89.1. The maximum absolute atomic E-state index is 10.5. The summed E-state index contributed by atoms with van der Waals surface area (Å²) in [4.78, 5) is 32.8. The van der Waals surface area contributed by atoms with Gasteiger partial charge in [-0.25, -0.2) is 0 Å². The lowest BCUT2D eigenvalue weighted by Gasteiger charge is -2.26. The number of aldehydes is 2. The van der Waals surface area contributed by atoms with E-state index in [9.17, 15) is 19.6 Å². The molecule has 13 heteroatoms. The van der Waals surface area contributed by atoms with Crippen LogP contribution in [0.4, 0.5) is 0 Å². The summed E-state index contributed by atoms with van der Waals surface area (Å²) in [6.45, 7) is 20.0. The largest absolute Gasteiger partial charge is 0.497 e. The number of nitriles is 1. The predicted octanol–water partition coefficient (Wildman–Crippen LogP) is 24.2. The average Bonchev–Trinajstić information content (AvgIpc) is 1.65. The zero-order chi connectivity index (χ0) is 72.4. The Labute approximate surface area is 611 Å². The van der Waals surface area contributed by atoms with Crippen molar-refractivity contribution in [1.82, 2.24) is 5.32 Å². The molecule has 0 bridgehead atoms. The number of benzene rings is 3. The number of rotatable bonds is 25. The van der Waals surface area contributed by atoms with Crippen LogP contribution < -0.4 is 29.0 Å². The summed E-state index contributed by atoms with van der Waals surface area (Å²) >= 11 is 3.13. The molecule has 552 valence electrons. The minimum atomic E-state index is 0.371. The molecule has 8 aliphatic rings. The van der Waals surface area contributed by atoms with E-state index in [4.69, 9.17) is 23.7 Å². The first-order valence-electron chi connectivity index (χ1n) is 37.9. The summed E-state index contributed by atoms with van der Waals surface area (Å²) in [5.41, 5.74) is 8.36. The SMILES string of the molecule is C1CCC1.C1CCC1.C=CC.C=CC(C)=C1CCC1.CCCCCCCOC=O.CCCCCCCOc1ccc(OC)cc1.CNCC(C#N)=C1Sc2c(OC)ccc(OC)c2S1.COc1ccc(C)cc1.O=CC1CCC(C=C2CCC2)CC1.O=CC1CCC(C=C2CCC2)CC1. The Balaban J connectivity index is 0.000000387. The molecule has 1 N–H and O–H groups in total. The lowest BCUT2D eigenvalue weighted by Crippen LogP contribution is -2.15. The number of thioether (sulfide) groups is 2. The Bertz CT molecular complexity index is 2660. The number of methoxy groups -OCH3 is 4. The van der Waals surface area contributed by atoms with Gasteiger partial charge in [0.2, 0.25) is 0 Å². The molecule has 0 spiro atoms. The van der Waals surface area contributed by atoms with E-state index in [2.05, 4.69) is 69.1 Å². The Morgan fingerprint density at radius 3 is 1.22 bits per heavy atom. The van der Waals surface area contributed by atoms with Gasteiger partial charge in [-0.05, 0) is 210 Å². The van der Waals surface area contributed by atoms with Crippen LogP contribution in [0.2, 0.25) is 0 Å². The standard InChI is InChI=1S/C14H22O2.C13H14N2O2S2.2C12H18O.C8H16O2.C8H10O.C8H12.2C4H8.C3H6/c1-3-4-5-6-7-12-16-14-10-8-13(15-2)9-11-14;1-15-7-8(6-14)13-18-11-9(16-2)4-5-10(17-3)12(11)19-13;2*13-9-12-6-4-11(5-7-12)8-10-2-1-3-10;1-2-3-4-5-6-7-10-8-9;1-7-3-5-8(9-2)6-4-7;1-3-7(2)8-5-4-6-8;2*1-2-4-3-1;1-3-2/h8-11H,3-7,12H2,1-2H3;4-5,15H,7H2,1-3H3;2*8-9,11-12H,1-7H2;8H,2-7H2,1H3;3-6H,1-2H3;3H,1,4-6H2,2H3;2*1-4H2;3H,1H2,2H3. The number of allylic oxidation sites excluding steroid dienone is 8. The molecule has 0 saturated heterocycles. The van der Waals surface area contributed by atoms with Gasteiger partial charge in [0.1, 0.15) is 41.3 Å². The summed E-state index contributed by atoms with van der Waals surface area (Å²) in [5.74, 6) is 6.67. The molecule has 3 aromatic carbocycles. The fraction of sp³-hybridized carbons (Fsp3) is 0.605. The first-order valence-corrected chi connectivity index (χ1v) is 39.5. The number of fused-ring (bicyclic) bond motifs is 1. The van der Waals surface area contributed by atoms with Crippen molar-refractivity contribution in [3.8, 4) is 34.8 Å². The van der Waals surface area contributed by atoms with E-state index in [1.165, 1.54) is 197 Å². The van der Waals surface area contributed by atoms with Gasteiger partial charge in [-0.3, -0.25) is 4.79 Å². The summed E-state index contributed by atoms with van der Waals surface area (Å²) in [7, 11) is 8.46. The quantitative estimate of drug-likeness (QED) is 0.0372. The Morgan fingerprint density at radius 1 is 0.535 bits per heavy atom.